The lowest BCUT2D eigenvalue weighted by molar-refractivity contribution is 0.311. The minimum Gasteiger partial charge on any atom is -0.492 e. The Bertz CT molecular complexity index is 692. The van der Waals surface area contributed by atoms with Crippen LogP contribution in [0.3, 0.4) is 0 Å². The molecular formula is C13H11ClFNO3S. The molecule has 0 bridgehead atoms. The predicted molar refractivity (Wildman–Crippen MR) is 72.9 cm³/mol. The molecule has 20 heavy (non-hydrogen) atoms. The summed E-state index contributed by atoms with van der Waals surface area (Å²) in [5.41, 5.74) is 0.810. The third-order valence-electron chi connectivity index (χ3n) is 2.51. The largest absolute Gasteiger partial charge is 0.492 e. The van der Waals surface area contributed by atoms with Crippen LogP contribution in [0.2, 0.25) is 0 Å². The third-order valence-corrected chi connectivity index (χ3v) is 3.85. The van der Waals surface area contributed by atoms with E-state index in [4.69, 9.17) is 15.4 Å². The van der Waals surface area contributed by atoms with Crippen LogP contribution >= 0.6 is 10.7 Å². The molecule has 1 aromatic carbocycles. The highest BCUT2D eigenvalue weighted by Crippen LogP contribution is 2.27. The highest BCUT2D eigenvalue weighted by atomic mass is 35.7. The maximum absolute atomic E-state index is 13.1. The summed E-state index contributed by atoms with van der Waals surface area (Å²) < 4.78 is 41.1. The van der Waals surface area contributed by atoms with Crippen LogP contribution in [0.25, 0.3) is 0 Å². The van der Waals surface area contributed by atoms with Gasteiger partial charge in [-0.15, -0.1) is 0 Å². The molecule has 0 fully saturated rings. The van der Waals surface area contributed by atoms with Gasteiger partial charge < -0.3 is 4.74 Å². The third kappa shape index (κ3) is 3.91. The first-order valence-electron chi connectivity index (χ1n) is 5.74. The maximum atomic E-state index is 13.1. The number of rotatable bonds is 5. The molecule has 2 rings (SSSR count). The summed E-state index contributed by atoms with van der Waals surface area (Å²) in [4.78, 5) is 3.74. The van der Waals surface area contributed by atoms with Crippen molar-refractivity contribution in [1.29, 1.82) is 0 Å². The van der Waals surface area contributed by atoms with Crippen molar-refractivity contribution in [1.82, 2.24) is 4.98 Å². The first-order chi connectivity index (χ1) is 9.47. The second kappa shape index (κ2) is 6.19. The zero-order chi connectivity index (χ0) is 14.6. The van der Waals surface area contributed by atoms with Gasteiger partial charge in [0.15, 0.2) is 0 Å². The summed E-state index contributed by atoms with van der Waals surface area (Å²) in [6.07, 6.45) is 2.15. The van der Waals surface area contributed by atoms with E-state index < -0.39 is 14.9 Å². The van der Waals surface area contributed by atoms with E-state index in [2.05, 4.69) is 4.98 Å². The smallest absolute Gasteiger partial charge is 0.265 e. The Labute approximate surface area is 120 Å². The molecule has 1 heterocycles. The van der Waals surface area contributed by atoms with E-state index in [0.29, 0.717) is 6.42 Å². The normalized spacial score (nSPS) is 11.3. The molecule has 106 valence electrons. The zero-order valence-electron chi connectivity index (χ0n) is 10.3. The topological polar surface area (TPSA) is 56.3 Å². The van der Waals surface area contributed by atoms with Crippen LogP contribution in [0, 0.1) is 5.82 Å². The fourth-order valence-electron chi connectivity index (χ4n) is 1.60. The van der Waals surface area contributed by atoms with Crippen LogP contribution in [0.1, 0.15) is 5.69 Å². The van der Waals surface area contributed by atoms with Gasteiger partial charge in [-0.2, -0.15) is 0 Å². The summed E-state index contributed by atoms with van der Waals surface area (Å²) in [7, 11) is 1.19. The Kier molecular flexibility index (Phi) is 4.57. The molecule has 0 aliphatic carbocycles. The Morgan fingerprint density at radius 3 is 2.70 bits per heavy atom. The average molecular weight is 316 g/mol. The second-order valence-corrected chi connectivity index (χ2v) is 6.48. The van der Waals surface area contributed by atoms with Crippen LogP contribution in [0.15, 0.2) is 47.5 Å². The summed E-state index contributed by atoms with van der Waals surface area (Å²) in [5.74, 6) is -0.668. The van der Waals surface area contributed by atoms with E-state index in [1.54, 1.807) is 12.3 Å². The van der Waals surface area contributed by atoms with Crippen molar-refractivity contribution in [2.45, 2.75) is 11.3 Å². The first-order valence-corrected chi connectivity index (χ1v) is 8.04. The summed E-state index contributed by atoms with van der Waals surface area (Å²) in [6.45, 7) is 0.210. The van der Waals surface area contributed by atoms with Crippen LogP contribution in [0.4, 0.5) is 4.39 Å². The van der Waals surface area contributed by atoms with E-state index in [-0.39, 0.29) is 17.3 Å². The van der Waals surface area contributed by atoms with Gasteiger partial charge in [0.25, 0.3) is 9.05 Å². The molecule has 0 N–H and O–H groups in total. The van der Waals surface area contributed by atoms with Crippen molar-refractivity contribution in [3.05, 3.63) is 54.1 Å². The van der Waals surface area contributed by atoms with Gasteiger partial charge in [0.1, 0.15) is 16.5 Å². The highest BCUT2D eigenvalue weighted by molar-refractivity contribution is 8.13. The monoisotopic (exact) mass is 315 g/mol. The number of nitrogens with zero attached hydrogens (tertiary/aromatic N) is 1. The summed E-state index contributed by atoms with van der Waals surface area (Å²) in [5, 5.41) is 0. The molecule has 7 heteroatoms. The van der Waals surface area contributed by atoms with Gasteiger partial charge in [-0.05, 0) is 30.3 Å². The van der Waals surface area contributed by atoms with Gasteiger partial charge in [-0.25, -0.2) is 12.8 Å². The molecule has 0 saturated heterocycles. The lowest BCUT2D eigenvalue weighted by Crippen LogP contribution is -2.05. The van der Waals surface area contributed by atoms with Gasteiger partial charge in [-0.1, -0.05) is 6.07 Å². The fraction of sp³-hybridized carbons (Fsp3) is 0.154. The number of ether oxygens (including phenoxy) is 1. The molecule has 0 atom stereocenters. The Morgan fingerprint density at radius 1 is 1.25 bits per heavy atom. The van der Waals surface area contributed by atoms with Crippen molar-refractivity contribution in [3.63, 3.8) is 0 Å². The summed E-state index contributed by atoms with van der Waals surface area (Å²) in [6, 6.07) is 8.65. The molecule has 0 aliphatic heterocycles. The number of aromatic nitrogens is 1. The maximum Gasteiger partial charge on any atom is 0.265 e. The van der Waals surface area contributed by atoms with Gasteiger partial charge in [0, 0.05) is 29.0 Å². The second-order valence-electron chi connectivity index (χ2n) is 3.95. The molecule has 4 nitrogen and oxygen atoms in total. The molecular weight excluding hydrogens is 305 g/mol. The number of halogens is 2. The van der Waals surface area contributed by atoms with Crippen molar-refractivity contribution in [3.8, 4) is 5.75 Å². The van der Waals surface area contributed by atoms with E-state index in [9.17, 15) is 12.8 Å². The molecule has 2 aromatic rings. The Balaban J connectivity index is 2.10. The molecule has 0 radical (unpaired) electrons. The molecule has 0 amide bonds. The number of benzene rings is 1. The number of hydrogen-bond acceptors (Lipinski definition) is 4. The minimum absolute atomic E-state index is 0.0253. The fourth-order valence-corrected chi connectivity index (χ4v) is 2.59. The highest BCUT2D eigenvalue weighted by Gasteiger charge is 2.18. The van der Waals surface area contributed by atoms with E-state index in [0.717, 1.165) is 17.8 Å². The van der Waals surface area contributed by atoms with Gasteiger partial charge in [0.05, 0.1) is 6.61 Å². The van der Waals surface area contributed by atoms with Crippen molar-refractivity contribution in [2.24, 2.45) is 0 Å². The average Bonchev–Trinajstić information content (AvgIpc) is 2.40. The predicted octanol–water partition coefficient (Wildman–Crippen LogP) is 2.77. The molecule has 0 aliphatic rings. The lowest BCUT2D eigenvalue weighted by Gasteiger charge is -2.09. The Morgan fingerprint density at radius 2 is 2.05 bits per heavy atom. The van der Waals surface area contributed by atoms with Crippen LogP contribution in [-0.2, 0) is 15.5 Å². The molecule has 1 aromatic heterocycles. The van der Waals surface area contributed by atoms with Gasteiger partial charge in [0.2, 0.25) is 0 Å². The number of pyridine rings is 1. The van der Waals surface area contributed by atoms with E-state index >= 15 is 0 Å². The molecule has 0 spiro atoms. The lowest BCUT2D eigenvalue weighted by atomic mass is 10.3. The van der Waals surface area contributed by atoms with Crippen LogP contribution in [-0.4, -0.2) is 20.0 Å². The minimum atomic E-state index is -4.06. The summed E-state index contributed by atoms with van der Waals surface area (Å²) >= 11 is 0. The van der Waals surface area contributed by atoms with Crippen LogP contribution in [0.5, 0.6) is 5.75 Å². The van der Waals surface area contributed by atoms with E-state index in [1.807, 2.05) is 12.1 Å². The van der Waals surface area contributed by atoms with Crippen LogP contribution < -0.4 is 4.74 Å². The van der Waals surface area contributed by atoms with Crippen molar-refractivity contribution >= 4 is 19.7 Å². The first kappa shape index (κ1) is 14.7. The van der Waals surface area contributed by atoms with Gasteiger partial charge >= 0.3 is 0 Å². The molecule has 0 unspecified atom stereocenters. The number of hydrogen-bond donors (Lipinski definition) is 0. The quantitative estimate of drug-likeness (QED) is 0.796. The van der Waals surface area contributed by atoms with Gasteiger partial charge in [-0.3, -0.25) is 4.98 Å². The van der Waals surface area contributed by atoms with Crippen molar-refractivity contribution < 1.29 is 17.5 Å². The standard InChI is InChI=1S/C13H11ClFNO3S/c14-20(17,18)13-9-10(15)4-5-12(13)19-8-6-11-3-1-2-7-16-11/h1-5,7,9H,6,8H2. The zero-order valence-corrected chi connectivity index (χ0v) is 11.9. The Hall–Kier alpha value is -1.66. The SMILES string of the molecule is O=S(=O)(Cl)c1cc(F)ccc1OCCc1ccccn1. The van der Waals surface area contributed by atoms with Crippen molar-refractivity contribution in [2.75, 3.05) is 6.61 Å². The molecule has 0 saturated carbocycles. The van der Waals surface area contributed by atoms with E-state index in [1.165, 1.54) is 6.07 Å².